The van der Waals surface area contributed by atoms with E-state index in [1.54, 1.807) is 0 Å². The van der Waals surface area contributed by atoms with E-state index in [4.69, 9.17) is 15.0 Å². The van der Waals surface area contributed by atoms with Gasteiger partial charge in [-0.15, -0.1) is 0 Å². The molecule has 1 saturated carbocycles. The van der Waals surface area contributed by atoms with Crippen molar-refractivity contribution in [2.75, 3.05) is 0 Å². The number of hydrogen-bond donors (Lipinski definition) is 0. The van der Waals surface area contributed by atoms with Gasteiger partial charge in [0.1, 0.15) is 0 Å². The minimum Gasteiger partial charge on any atom is -0.208 e. The first kappa shape index (κ1) is 26.2. The van der Waals surface area contributed by atoms with Crippen LogP contribution in [0.3, 0.4) is 0 Å². The number of hydrogen-bond acceptors (Lipinski definition) is 3. The minimum atomic E-state index is -1.82. The Morgan fingerprint density at radius 3 is 1.46 bits per heavy atom. The summed E-state index contributed by atoms with van der Waals surface area (Å²) >= 11 is 0. The number of benzene rings is 6. The predicted molar refractivity (Wildman–Crippen MR) is 205 cm³/mol. The molecule has 3 heteroatoms. The fourth-order valence-electron chi connectivity index (χ4n) is 7.36. The molecule has 2 aliphatic carbocycles. The molecule has 0 radical (unpaired) electrons. The van der Waals surface area contributed by atoms with Crippen LogP contribution in [0.15, 0.2) is 152 Å². The van der Waals surface area contributed by atoms with E-state index in [-0.39, 0.29) is 12.8 Å². The average molecular weight is 650 g/mol. The molecule has 0 N–H and O–H groups in total. The van der Waals surface area contributed by atoms with Crippen molar-refractivity contribution in [1.29, 1.82) is 0 Å². The highest BCUT2D eigenvalue weighted by Gasteiger charge is 2.46. The summed E-state index contributed by atoms with van der Waals surface area (Å²) in [5.74, 6) is 1.81. The van der Waals surface area contributed by atoms with Gasteiger partial charge in [-0.25, -0.2) is 15.0 Å². The van der Waals surface area contributed by atoms with Crippen molar-refractivity contribution in [1.82, 2.24) is 15.0 Å². The van der Waals surface area contributed by atoms with Crippen molar-refractivity contribution in [2.45, 2.75) is 44.8 Å². The normalized spacial score (nSPS) is 18.6. The van der Waals surface area contributed by atoms with Crippen molar-refractivity contribution < 1.29 is 5.48 Å². The van der Waals surface area contributed by atoms with Crippen LogP contribution < -0.4 is 0 Å². The number of nitrogens with zero attached hydrogens (tertiary/aromatic N) is 3. The molecule has 3 nitrogen and oxygen atoms in total. The molecule has 1 fully saturated rings. The van der Waals surface area contributed by atoms with Gasteiger partial charge in [-0.05, 0) is 93.7 Å². The van der Waals surface area contributed by atoms with E-state index in [0.29, 0.717) is 17.5 Å². The molecule has 0 amide bonds. The first-order valence-electron chi connectivity index (χ1n) is 19.3. The first-order valence-corrected chi connectivity index (χ1v) is 17.3. The lowest BCUT2D eigenvalue weighted by atomic mass is 9.61. The molecule has 242 valence electrons. The Morgan fingerprint density at radius 2 is 0.860 bits per heavy atom. The van der Waals surface area contributed by atoms with Crippen molar-refractivity contribution in [2.24, 2.45) is 5.41 Å². The second-order valence-corrected chi connectivity index (χ2v) is 14.1. The van der Waals surface area contributed by atoms with Gasteiger partial charge in [-0.1, -0.05) is 147 Å². The summed E-state index contributed by atoms with van der Waals surface area (Å²) in [7, 11) is 0. The Bertz CT molecular complexity index is 2470. The highest BCUT2D eigenvalue weighted by molar-refractivity contribution is 5.85. The molecule has 0 aliphatic heterocycles. The summed E-state index contributed by atoms with van der Waals surface area (Å²) < 4.78 is 38.4. The van der Waals surface area contributed by atoms with E-state index in [1.807, 2.05) is 117 Å². The van der Waals surface area contributed by atoms with Crippen LogP contribution in [0, 0.1) is 5.41 Å². The maximum Gasteiger partial charge on any atom is 0.164 e. The first-order chi connectivity index (χ1) is 26.0. The average Bonchev–Trinajstić information content (AvgIpc) is 3.49. The van der Waals surface area contributed by atoms with E-state index in [0.717, 1.165) is 61.2 Å². The largest absolute Gasteiger partial charge is 0.208 e. The van der Waals surface area contributed by atoms with Crippen LogP contribution in [0.2, 0.25) is 0 Å². The SMILES string of the molecule is [2H]C1([2H])CC(C)(C)CC([2H])([2H])C12c1ccccc1-c1ccc(-c3cccc(-c4cccc(-c5nc(-c6ccccc6)nc(-c6ccccc6)n5)c4)c3)cc12. The quantitative estimate of drug-likeness (QED) is 0.186. The summed E-state index contributed by atoms with van der Waals surface area (Å²) in [6, 6.07) is 50.6. The van der Waals surface area contributed by atoms with Crippen LogP contribution in [0.25, 0.3) is 67.5 Å². The summed E-state index contributed by atoms with van der Waals surface area (Å²) in [4.78, 5) is 14.7. The zero-order valence-electron chi connectivity index (χ0n) is 32.2. The van der Waals surface area contributed by atoms with Gasteiger partial charge >= 0.3 is 0 Å². The molecule has 1 aromatic heterocycles. The number of aromatic nitrogens is 3. The maximum atomic E-state index is 9.59. The van der Waals surface area contributed by atoms with Gasteiger partial charge < -0.3 is 0 Å². The second kappa shape index (κ2) is 12.0. The molecule has 1 spiro atoms. The van der Waals surface area contributed by atoms with Gasteiger partial charge in [0.25, 0.3) is 0 Å². The van der Waals surface area contributed by atoms with Gasteiger partial charge in [0.15, 0.2) is 17.5 Å². The lowest BCUT2D eigenvalue weighted by molar-refractivity contribution is 0.188. The fourth-order valence-corrected chi connectivity index (χ4v) is 7.36. The van der Waals surface area contributed by atoms with E-state index in [9.17, 15) is 5.48 Å². The molecular weight excluding hydrogens is 607 g/mol. The number of fused-ring (bicyclic) bond motifs is 5. The number of rotatable bonds is 5. The standard InChI is InChI=1S/C47H39N3/c1-46(2)25-27-47(28-26-46)41-22-10-9-21-39(41)40-24-23-37(31-42(40)47)35-18-11-17-34(29-35)36-19-12-20-38(30-36)45-49-43(32-13-5-3-6-14-32)48-44(50-45)33-15-7-4-8-16-33/h3-24,29-31H,25-28H2,1-2H3/i27D2,28D2. The van der Waals surface area contributed by atoms with Crippen LogP contribution in [0.5, 0.6) is 0 Å². The summed E-state index contributed by atoms with van der Waals surface area (Å²) in [5, 5.41) is 0. The summed E-state index contributed by atoms with van der Waals surface area (Å²) in [6.45, 7) is 3.97. The van der Waals surface area contributed by atoms with Crippen molar-refractivity contribution in [3.8, 4) is 67.5 Å². The molecular formula is C47H39N3. The molecule has 1 heterocycles. The van der Waals surface area contributed by atoms with Gasteiger partial charge in [-0.2, -0.15) is 0 Å². The van der Waals surface area contributed by atoms with Gasteiger partial charge in [0, 0.05) is 27.6 Å². The molecule has 2 aliphatic rings. The molecule has 0 atom stereocenters. The van der Waals surface area contributed by atoms with Crippen LogP contribution >= 0.6 is 0 Å². The van der Waals surface area contributed by atoms with Crippen LogP contribution in [0.1, 0.15) is 56.0 Å². The third kappa shape index (κ3) is 5.34. The van der Waals surface area contributed by atoms with Gasteiger partial charge in [0.05, 0.1) is 0 Å². The lowest BCUT2D eigenvalue weighted by Gasteiger charge is -2.43. The van der Waals surface area contributed by atoms with Gasteiger partial charge in [-0.3, -0.25) is 0 Å². The van der Waals surface area contributed by atoms with Crippen molar-refractivity contribution >= 4 is 0 Å². The molecule has 6 aromatic carbocycles. The molecule has 0 bridgehead atoms. The van der Waals surface area contributed by atoms with E-state index in [1.165, 1.54) is 0 Å². The van der Waals surface area contributed by atoms with Crippen molar-refractivity contribution in [3.05, 3.63) is 163 Å². The Hall–Kier alpha value is -5.67. The Kier molecular flexibility index (Phi) is 6.31. The van der Waals surface area contributed by atoms with Crippen molar-refractivity contribution in [3.63, 3.8) is 0 Å². The Morgan fingerprint density at radius 1 is 0.420 bits per heavy atom. The third-order valence-electron chi connectivity index (χ3n) is 10.1. The monoisotopic (exact) mass is 649 g/mol. The van der Waals surface area contributed by atoms with E-state index in [2.05, 4.69) is 48.5 Å². The zero-order valence-corrected chi connectivity index (χ0v) is 28.2. The second-order valence-electron chi connectivity index (χ2n) is 14.1. The Balaban J connectivity index is 1.13. The minimum absolute atomic E-state index is 0.268. The highest BCUT2D eigenvalue weighted by atomic mass is 15.0. The molecule has 50 heavy (non-hydrogen) atoms. The fraction of sp³-hybridized carbons (Fsp3) is 0.170. The highest BCUT2D eigenvalue weighted by Crippen LogP contribution is 2.58. The molecule has 9 rings (SSSR count). The lowest BCUT2D eigenvalue weighted by Crippen LogP contribution is -2.34. The topological polar surface area (TPSA) is 38.7 Å². The smallest absolute Gasteiger partial charge is 0.164 e. The van der Waals surface area contributed by atoms with Crippen LogP contribution in [-0.2, 0) is 5.41 Å². The van der Waals surface area contributed by atoms with E-state index >= 15 is 0 Å². The Labute approximate surface area is 300 Å². The summed E-state index contributed by atoms with van der Waals surface area (Å²) in [5.41, 5.74) is 8.01. The third-order valence-corrected chi connectivity index (χ3v) is 10.1. The summed E-state index contributed by atoms with van der Waals surface area (Å²) in [6.07, 6.45) is -3.11. The molecule has 0 unspecified atom stereocenters. The van der Waals surface area contributed by atoms with E-state index < -0.39 is 23.6 Å². The van der Waals surface area contributed by atoms with Crippen LogP contribution in [0.4, 0.5) is 0 Å². The predicted octanol–water partition coefficient (Wildman–Crippen LogP) is 12.1. The molecule has 7 aromatic rings. The maximum absolute atomic E-state index is 9.59. The van der Waals surface area contributed by atoms with Gasteiger partial charge in [0.2, 0.25) is 0 Å². The molecule has 0 saturated heterocycles. The van der Waals surface area contributed by atoms with Crippen LogP contribution in [-0.4, -0.2) is 15.0 Å². The zero-order chi connectivity index (χ0) is 37.3.